The monoisotopic (exact) mass is 694 g/mol. The second-order valence-electron chi connectivity index (χ2n) is 13.1. The molecule has 0 saturated heterocycles. The van der Waals surface area contributed by atoms with Crippen molar-refractivity contribution >= 4 is 35.0 Å². The van der Waals surface area contributed by atoms with Crippen molar-refractivity contribution in [2.24, 2.45) is 5.92 Å². The van der Waals surface area contributed by atoms with Crippen LogP contribution in [0.15, 0.2) is 79.1 Å². The highest BCUT2D eigenvalue weighted by molar-refractivity contribution is 6.42. The van der Waals surface area contributed by atoms with Crippen LogP contribution < -0.4 is 10.6 Å². The first kappa shape index (κ1) is 35.7. The molecule has 2 aliphatic heterocycles. The van der Waals surface area contributed by atoms with Crippen LogP contribution in [-0.4, -0.2) is 69.5 Å². The molecule has 256 valence electrons. The number of fused-ring (bicyclic) bond motifs is 2. The van der Waals surface area contributed by atoms with Crippen LogP contribution in [0.25, 0.3) is 0 Å². The Balaban J connectivity index is 0.000000188. The minimum Gasteiger partial charge on any atom is -0.355 e. The Bertz CT molecular complexity index is 1680. The lowest BCUT2D eigenvalue weighted by molar-refractivity contribution is -0.124. The van der Waals surface area contributed by atoms with E-state index in [0.29, 0.717) is 35.6 Å². The summed E-state index contributed by atoms with van der Waals surface area (Å²) in [6, 6.07) is 20.6. The Labute approximate surface area is 292 Å². The van der Waals surface area contributed by atoms with Gasteiger partial charge >= 0.3 is 0 Å². The predicted molar refractivity (Wildman–Crippen MR) is 190 cm³/mol. The van der Waals surface area contributed by atoms with Gasteiger partial charge in [-0.25, -0.2) is 4.39 Å². The van der Waals surface area contributed by atoms with Gasteiger partial charge in [-0.1, -0.05) is 55.2 Å². The maximum Gasteiger partial charge on any atom is 0.234 e. The van der Waals surface area contributed by atoms with Gasteiger partial charge in [0.05, 0.1) is 35.2 Å². The Morgan fingerprint density at radius 2 is 1.29 bits per heavy atom. The molecule has 2 N–H and O–H groups in total. The van der Waals surface area contributed by atoms with E-state index in [-0.39, 0.29) is 35.8 Å². The summed E-state index contributed by atoms with van der Waals surface area (Å²) in [7, 11) is 0. The van der Waals surface area contributed by atoms with Gasteiger partial charge in [0.1, 0.15) is 5.82 Å². The van der Waals surface area contributed by atoms with Gasteiger partial charge < -0.3 is 19.8 Å². The number of carbonyl (C=O) groups excluding carboxylic acids is 2. The van der Waals surface area contributed by atoms with Crippen molar-refractivity contribution in [3.8, 4) is 0 Å². The summed E-state index contributed by atoms with van der Waals surface area (Å²) >= 11 is 12.3. The van der Waals surface area contributed by atoms with Gasteiger partial charge in [0.2, 0.25) is 11.8 Å². The number of hydrogen-bond acceptors (Lipinski definition) is 4. The van der Waals surface area contributed by atoms with Crippen LogP contribution in [-0.2, 0) is 22.7 Å². The van der Waals surface area contributed by atoms with E-state index in [0.717, 1.165) is 43.0 Å². The van der Waals surface area contributed by atoms with Crippen molar-refractivity contribution < 1.29 is 14.0 Å². The number of nitrogens with one attached hydrogen (secondary N) is 2. The molecular formula is C37H45Cl2FN6O2. The first-order valence-electron chi connectivity index (χ1n) is 16.5. The number of hydrogen-bond donors (Lipinski definition) is 2. The highest BCUT2D eigenvalue weighted by atomic mass is 35.5. The van der Waals surface area contributed by atoms with E-state index in [4.69, 9.17) is 23.2 Å². The van der Waals surface area contributed by atoms with Crippen LogP contribution >= 0.6 is 23.2 Å². The van der Waals surface area contributed by atoms with E-state index in [1.54, 1.807) is 12.1 Å². The Morgan fingerprint density at radius 3 is 1.83 bits per heavy atom. The van der Waals surface area contributed by atoms with E-state index in [1.165, 1.54) is 17.8 Å². The molecule has 0 bridgehead atoms. The summed E-state index contributed by atoms with van der Waals surface area (Å²) in [5, 5.41) is 7.02. The molecule has 11 heteroatoms. The molecule has 2 amide bonds. The average Bonchev–Trinajstić information content (AvgIpc) is 3.72. The molecule has 8 nitrogen and oxygen atoms in total. The molecule has 4 heterocycles. The van der Waals surface area contributed by atoms with E-state index in [9.17, 15) is 14.0 Å². The number of nitrogens with zero attached hydrogens (tertiary/aromatic N) is 4. The lowest BCUT2D eigenvalue weighted by atomic mass is 10.00. The van der Waals surface area contributed by atoms with Gasteiger partial charge in [0, 0.05) is 62.5 Å². The van der Waals surface area contributed by atoms with Crippen molar-refractivity contribution in [1.29, 1.82) is 0 Å². The fourth-order valence-corrected chi connectivity index (χ4v) is 6.71. The van der Waals surface area contributed by atoms with Crippen LogP contribution in [0.1, 0.15) is 62.3 Å². The summed E-state index contributed by atoms with van der Waals surface area (Å²) in [6.45, 7) is 12.8. The minimum atomic E-state index is -0.246. The predicted octanol–water partition coefficient (Wildman–Crippen LogP) is 6.53. The number of aromatic nitrogens is 2. The maximum absolute atomic E-state index is 13.3. The quantitative estimate of drug-likeness (QED) is 0.209. The van der Waals surface area contributed by atoms with Crippen LogP contribution in [0.2, 0.25) is 10.0 Å². The molecular weight excluding hydrogens is 650 g/mol. The maximum atomic E-state index is 13.3. The van der Waals surface area contributed by atoms with Gasteiger partial charge in [0.25, 0.3) is 0 Å². The highest BCUT2D eigenvalue weighted by Gasteiger charge is 2.31. The van der Waals surface area contributed by atoms with Gasteiger partial charge in [-0.15, -0.1) is 0 Å². The zero-order valence-corrected chi connectivity index (χ0v) is 29.5. The van der Waals surface area contributed by atoms with Gasteiger partial charge in [-0.2, -0.15) is 0 Å². The second-order valence-corrected chi connectivity index (χ2v) is 14.0. The molecule has 0 aliphatic carbocycles. The Hall–Kier alpha value is -3.63. The third-order valence-electron chi connectivity index (χ3n) is 8.57. The summed E-state index contributed by atoms with van der Waals surface area (Å²) in [5.74, 6) is 0.267. The highest BCUT2D eigenvalue weighted by Crippen LogP contribution is 2.35. The van der Waals surface area contributed by atoms with Crippen LogP contribution in [0.3, 0.4) is 0 Å². The van der Waals surface area contributed by atoms with E-state index in [1.807, 2.05) is 44.2 Å². The standard InChI is InChI=1S/C19H23Cl2N3O.C18H22FN3O/c1-13(2)11-22-18(25)12-24-9-8-23-7-3-4-17(23)19(24)14-5-6-15(20)16(21)10-14;1-13(2)20-17(23)12-22-11-10-21-9-3-4-16(21)18(22)14-5-7-15(19)8-6-14/h3-7,10,13,19H,8-9,11-12H2,1-2H3,(H,22,25);3-9,13,18H,10-12H2,1-2H3,(H,20,23). The zero-order chi connectivity index (χ0) is 34.4. The fraction of sp³-hybridized carbons (Fsp3) is 0.405. The summed E-state index contributed by atoms with van der Waals surface area (Å²) in [5.41, 5.74) is 4.36. The molecule has 2 atom stereocenters. The first-order valence-corrected chi connectivity index (χ1v) is 17.3. The second kappa shape index (κ2) is 16.2. The Morgan fingerprint density at radius 1 is 0.750 bits per heavy atom. The van der Waals surface area contributed by atoms with Crippen LogP contribution in [0.4, 0.5) is 4.39 Å². The van der Waals surface area contributed by atoms with Gasteiger partial charge in [-0.05, 0) is 79.4 Å². The van der Waals surface area contributed by atoms with E-state index in [2.05, 4.69) is 67.9 Å². The molecule has 0 fully saturated rings. The topological polar surface area (TPSA) is 74.5 Å². The first-order chi connectivity index (χ1) is 23.0. The molecule has 6 rings (SSSR count). The minimum absolute atomic E-state index is 0.0108. The van der Waals surface area contributed by atoms with Gasteiger partial charge in [0.15, 0.2) is 0 Å². The lowest BCUT2D eigenvalue weighted by Gasteiger charge is -2.37. The normalized spacial score (nSPS) is 17.8. The summed E-state index contributed by atoms with van der Waals surface area (Å²) < 4.78 is 17.7. The molecule has 2 aromatic heterocycles. The number of carbonyl (C=O) groups is 2. The molecule has 0 radical (unpaired) electrons. The molecule has 0 spiro atoms. The van der Waals surface area contributed by atoms with Crippen molar-refractivity contribution in [3.63, 3.8) is 0 Å². The number of amides is 2. The van der Waals surface area contributed by atoms with Crippen molar-refractivity contribution in [2.75, 3.05) is 32.7 Å². The molecule has 48 heavy (non-hydrogen) atoms. The number of halogens is 3. The van der Waals surface area contributed by atoms with Crippen LogP contribution in [0, 0.1) is 11.7 Å². The van der Waals surface area contributed by atoms with Gasteiger partial charge in [-0.3, -0.25) is 19.4 Å². The number of rotatable bonds is 9. The zero-order valence-electron chi connectivity index (χ0n) is 28.0. The Kier molecular flexibility index (Phi) is 12.0. The van der Waals surface area contributed by atoms with Crippen molar-refractivity contribution in [3.05, 3.63) is 118 Å². The number of benzene rings is 2. The molecule has 0 saturated carbocycles. The smallest absolute Gasteiger partial charge is 0.234 e. The third kappa shape index (κ3) is 8.88. The molecule has 2 aromatic carbocycles. The average molecular weight is 696 g/mol. The van der Waals surface area contributed by atoms with E-state index < -0.39 is 0 Å². The molecule has 2 unspecified atom stereocenters. The van der Waals surface area contributed by atoms with E-state index >= 15 is 0 Å². The largest absolute Gasteiger partial charge is 0.355 e. The van der Waals surface area contributed by atoms with Crippen LogP contribution in [0.5, 0.6) is 0 Å². The summed E-state index contributed by atoms with van der Waals surface area (Å²) in [6.07, 6.45) is 4.13. The SMILES string of the molecule is CC(C)CNC(=O)CN1CCn2cccc2C1c1ccc(Cl)c(Cl)c1.CC(C)NC(=O)CN1CCn2cccc2C1c1ccc(F)cc1. The molecule has 2 aliphatic rings. The fourth-order valence-electron chi connectivity index (χ4n) is 6.40. The molecule has 4 aromatic rings. The third-order valence-corrected chi connectivity index (χ3v) is 9.31. The summed E-state index contributed by atoms with van der Waals surface area (Å²) in [4.78, 5) is 28.9. The lowest BCUT2D eigenvalue weighted by Crippen LogP contribution is -2.45. The van der Waals surface area contributed by atoms with Crippen molar-refractivity contribution in [2.45, 2.75) is 58.9 Å². The van der Waals surface area contributed by atoms with Crippen molar-refractivity contribution in [1.82, 2.24) is 29.6 Å².